The molecule has 0 fully saturated rings. The van der Waals surface area contributed by atoms with Crippen LogP contribution < -0.4 is 5.32 Å². The van der Waals surface area contributed by atoms with Crippen LogP contribution in [0, 0.1) is 24.5 Å². The van der Waals surface area contributed by atoms with Gasteiger partial charge in [-0.3, -0.25) is 4.79 Å². The zero-order chi connectivity index (χ0) is 20.6. The van der Waals surface area contributed by atoms with Crippen molar-refractivity contribution in [3.8, 4) is 0 Å². The third-order valence-corrected chi connectivity index (χ3v) is 5.30. The van der Waals surface area contributed by atoms with Crippen molar-refractivity contribution in [2.24, 2.45) is 5.92 Å². The number of aliphatic carboxylic acids is 1. The lowest BCUT2D eigenvalue weighted by molar-refractivity contribution is -0.144. The molecular weight excluding hydrogens is 364 g/mol. The average molecular weight is 387 g/mol. The van der Waals surface area contributed by atoms with Crippen LogP contribution in [0.2, 0.25) is 0 Å². The Kier molecular flexibility index (Phi) is 5.24. The third-order valence-electron chi connectivity index (χ3n) is 5.30. The normalized spacial score (nSPS) is 14.8. The molecule has 0 aromatic heterocycles. The topological polar surface area (TPSA) is 66.4 Å². The van der Waals surface area contributed by atoms with E-state index in [4.69, 9.17) is 0 Å². The SMILES string of the molecule is Cc1cccc(C(=O)NC2(C(=O)O)Cc3c(F)ccc(F)c3C2)c1CC(C)C. The van der Waals surface area contributed by atoms with Gasteiger partial charge in [-0.1, -0.05) is 26.0 Å². The quantitative estimate of drug-likeness (QED) is 0.820. The fourth-order valence-electron chi connectivity index (χ4n) is 3.86. The van der Waals surface area contributed by atoms with E-state index in [9.17, 15) is 23.5 Å². The molecule has 4 nitrogen and oxygen atoms in total. The number of carboxylic acids is 1. The van der Waals surface area contributed by atoms with Gasteiger partial charge in [0.1, 0.15) is 17.2 Å². The van der Waals surface area contributed by atoms with Gasteiger partial charge in [0.15, 0.2) is 0 Å². The van der Waals surface area contributed by atoms with E-state index in [1.54, 1.807) is 12.1 Å². The number of amides is 1. The van der Waals surface area contributed by atoms with Gasteiger partial charge in [0.2, 0.25) is 0 Å². The van der Waals surface area contributed by atoms with Gasteiger partial charge in [0, 0.05) is 18.4 Å². The van der Waals surface area contributed by atoms with Crippen molar-refractivity contribution in [2.45, 2.75) is 45.6 Å². The molecule has 6 heteroatoms. The summed E-state index contributed by atoms with van der Waals surface area (Å²) in [6.45, 7) is 5.97. The molecule has 0 saturated carbocycles. The van der Waals surface area contributed by atoms with Crippen molar-refractivity contribution in [1.29, 1.82) is 0 Å². The number of carbonyl (C=O) groups excluding carboxylic acids is 1. The number of carbonyl (C=O) groups is 2. The second kappa shape index (κ2) is 7.34. The summed E-state index contributed by atoms with van der Waals surface area (Å²) < 4.78 is 28.3. The van der Waals surface area contributed by atoms with E-state index >= 15 is 0 Å². The summed E-state index contributed by atoms with van der Waals surface area (Å²) in [4.78, 5) is 25.1. The zero-order valence-electron chi connectivity index (χ0n) is 16.1. The molecule has 2 N–H and O–H groups in total. The number of rotatable bonds is 5. The van der Waals surface area contributed by atoms with Gasteiger partial charge in [0.25, 0.3) is 5.91 Å². The Labute approximate surface area is 162 Å². The maximum atomic E-state index is 14.1. The van der Waals surface area contributed by atoms with Crippen molar-refractivity contribution in [2.75, 3.05) is 0 Å². The van der Waals surface area contributed by atoms with Gasteiger partial charge in [-0.2, -0.15) is 0 Å². The molecule has 3 rings (SSSR count). The second-order valence-corrected chi connectivity index (χ2v) is 7.88. The molecular formula is C22H23F2NO3. The number of hydrogen-bond acceptors (Lipinski definition) is 2. The van der Waals surface area contributed by atoms with Crippen LogP contribution in [0.5, 0.6) is 0 Å². The number of benzene rings is 2. The number of nitrogens with one attached hydrogen (secondary N) is 1. The van der Waals surface area contributed by atoms with Gasteiger partial charge in [-0.25, -0.2) is 13.6 Å². The molecule has 0 radical (unpaired) electrons. The predicted molar refractivity (Wildman–Crippen MR) is 101 cm³/mol. The zero-order valence-corrected chi connectivity index (χ0v) is 16.1. The number of aryl methyl sites for hydroxylation is 1. The van der Waals surface area contributed by atoms with Gasteiger partial charge in [0.05, 0.1) is 0 Å². The Balaban J connectivity index is 1.97. The van der Waals surface area contributed by atoms with Gasteiger partial charge < -0.3 is 10.4 Å². The summed E-state index contributed by atoms with van der Waals surface area (Å²) in [5.74, 6) is -2.88. The second-order valence-electron chi connectivity index (χ2n) is 7.88. The monoisotopic (exact) mass is 387 g/mol. The lowest BCUT2D eigenvalue weighted by Gasteiger charge is -2.26. The number of carboxylic acid groups (broad SMARTS) is 1. The van der Waals surface area contributed by atoms with Crippen LogP contribution in [-0.2, 0) is 24.1 Å². The lowest BCUT2D eigenvalue weighted by Crippen LogP contribution is -2.55. The summed E-state index contributed by atoms with van der Waals surface area (Å²) in [7, 11) is 0. The molecule has 2 aromatic carbocycles. The highest BCUT2D eigenvalue weighted by atomic mass is 19.1. The van der Waals surface area contributed by atoms with Gasteiger partial charge in [-0.15, -0.1) is 0 Å². The fourth-order valence-corrected chi connectivity index (χ4v) is 3.86. The molecule has 0 unspecified atom stereocenters. The van der Waals surface area contributed by atoms with Crippen LogP contribution in [0.4, 0.5) is 8.78 Å². The maximum absolute atomic E-state index is 14.1. The van der Waals surface area contributed by atoms with Crippen molar-refractivity contribution in [3.05, 3.63) is 69.8 Å². The first-order valence-electron chi connectivity index (χ1n) is 9.25. The van der Waals surface area contributed by atoms with E-state index in [1.165, 1.54) is 0 Å². The van der Waals surface area contributed by atoms with Crippen molar-refractivity contribution in [3.63, 3.8) is 0 Å². The molecule has 1 aliphatic rings. The molecule has 0 heterocycles. The first-order chi connectivity index (χ1) is 13.1. The van der Waals surface area contributed by atoms with Crippen LogP contribution >= 0.6 is 0 Å². The van der Waals surface area contributed by atoms with E-state index in [1.807, 2.05) is 26.8 Å². The average Bonchev–Trinajstić information content (AvgIpc) is 3.02. The summed E-state index contributed by atoms with van der Waals surface area (Å²) in [5.41, 5.74) is 0.428. The Morgan fingerprint density at radius 1 is 1.11 bits per heavy atom. The molecule has 1 aliphatic carbocycles. The molecule has 28 heavy (non-hydrogen) atoms. The minimum Gasteiger partial charge on any atom is -0.479 e. The Bertz CT molecular complexity index is 922. The first kappa shape index (κ1) is 20.0. The van der Waals surface area contributed by atoms with Crippen LogP contribution in [0.25, 0.3) is 0 Å². The van der Waals surface area contributed by atoms with E-state index in [2.05, 4.69) is 5.32 Å². The van der Waals surface area contributed by atoms with Gasteiger partial charge in [-0.05, 0) is 59.7 Å². The number of fused-ring (bicyclic) bond motifs is 1. The van der Waals surface area contributed by atoms with Crippen LogP contribution in [-0.4, -0.2) is 22.5 Å². The molecule has 2 aromatic rings. The Hall–Kier alpha value is -2.76. The lowest BCUT2D eigenvalue weighted by atomic mass is 9.91. The minimum atomic E-state index is -1.78. The Morgan fingerprint density at radius 2 is 1.68 bits per heavy atom. The van der Waals surface area contributed by atoms with E-state index in [-0.39, 0.29) is 24.0 Å². The predicted octanol–water partition coefficient (Wildman–Crippen LogP) is 3.82. The molecule has 1 amide bonds. The maximum Gasteiger partial charge on any atom is 0.330 e. The number of halogens is 2. The van der Waals surface area contributed by atoms with Crippen LogP contribution in [0.3, 0.4) is 0 Å². The first-order valence-corrected chi connectivity index (χ1v) is 9.25. The highest BCUT2D eigenvalue weighted by Gasteiger charge is 2.47. The summed E-state index contributed by atoms with van der Waals surface area (Å²) in [5, 5.41) is 12.4. The third kappa shape index (κ3) is 3.51. The molecule has 0 atom stereocenters. The van der Waals surface area contributed by atoms with Crippen LogP contribution in [0.1, 0.15) is 46.5 Å². The smallest absolute Gasteiger partial charge is 0.330 e. The fraction of sp³-hybridized carbons (Fsp3) is 0.364. The molecule has 0 bridgehead atoms. The standard InChI is InChI=1S/C22H23F2NO3/c1-12(2)9-15-13(3)5-4-6-14(15)20(26)25-22(21(27)28)10-16-17(11-22)19(24)8-7-18(16)23/h4-8,12H,9-11H2,1-3H3,(H,25,26)(H,27,28). The van der Waals surface area contributed by atoms with Crippen LogP contribution in [0.15, 0.2) is 30.3 Å². The van der Waals surface area contributed by atoms with Crippen molar-refractivity contribution >= 4 is 11.9 Å². The molecule has 0 aliphatic heterocycles. The highest BCUT2D eigenvalue weighted by Crippen LogP contribution is 2.34. The molecule has 0 saturated heterocycles. The van der Waals surface area contributed by atoms with E-state index in [0.717, 1.165) is 23.3 Å². The summed E-state index contributed by atoms with van der Waals surface area (Å²) in [6.07, 6.45) is 0.0790. The van der Waals surface area contributed by atoms with Crippen molar-refractivity contribution < 1.29 is 23.5 Å². The Morgan fingerprint density at radius 3 is 2.18 bits per heavy atom. The van der Waals surface area contributed by atoms with Crippen molar-refractivity contribution in [1.82, 2.24) is 5.32 Å². The highest BCUT2D eigenvalue weighted by molar-refractivity contribution is 5.99. The summed E-state index contributed by atoms with van der Waals surface area (Å²) in [6, 6.07) is 7.26. The largest absolute Gasteiger partial charge is 0.479 e. The van der Waals surface area contributed by atoms with Gasteiger partial charge >= 0.3 is 5.97 Å². The molecule has 148 valence electrons. The summed E-state index contributed by atoms with van der Waals surface area (Å²) >= 11 is 0. The minimum absolute atomic E-state index is 0.00865. The van der Waals surface area contributed by atoms with E-state index < -0.39 is 29.0 Å². The van der Waals surface area contributed by atoms with E-state index in [0.29, 0.717) is 17.9 Å². The number of hydrogen-bond donors (Lipinski definition) is 2. The molecule has 0 spiro atoms.